The minimum absolute atomic E-state index is 0.743. The summed E-state index contributed by atoms with van der Waals surface area (Å²) in [6, 6.07) is 0. The predicted molar refractivity (Wildman–Crippen MR) is 73.1 cm³/mol. The maximum atomic E-state index is 11.5. The Morgan fingerprint density at radius 2 is 1.62 bits per heavy atom. The highest BCUT2D eigenvalue weighted by Gasteiger charge is 2.37. The fourth-order valence-electron chi connectivity index (χ4n) is 1.50. The van der Waals surface area contributed by atoms with Gasteiger partial charge >= 0.3 is 5.97 Å². The van der Waals surface area contributed by atoms with Gasteiger partial charge in [0.2, 0.25) is 0 Å². The van der Waals surface area contributed by atoms with Gasteiger partial charge in [-0.05, 0) is 19.0 Å². The molecule has 0 aliphatic rings. The van der Waals surface area contributed by atoms with Crippen LogP contribution in [0.1, 0.15) is 32.6 Å². The quantitative estimate of drug-likeness (QED) is 0.276. The summed E-state index contributed by atoms with van der Waals surface area (Å²) >= 11 is 0. The van der Waals surface area contributed by atoms with Crippen molar-refractivity contribution >= 4 is 11.9 Å². The summed E-state index contributed by atoms with van der Waals surface area (Å²) in [6.07, 6.45) is -1.87. The number of aliphatic hydroxyl groups is 4. The summed E-state index contributed by atoms with van der Waals surface area (Å²) in [5.41, 5.74) is 0. The van der Waals surface area contributed by atoms with Crippen molar-refractivity contribution < 1.29 is 35.1 Å². The van der Waals surface area contributed by atoms with Crippen molar-refractivity contribution in [1.82, 2.24) is 5.32 Å². The van der Waals surface area contributed by atoms with Crippen LogP contribution >= 0.6 is 0 Å². The first-order valence-corrected chi connectivity index (χ1v) is 6.73. The molecular formula is C13H23NO7. The zero-order chi connectivity index (χ0) is 16.4. The molecule has 0 fully saturated rings. The third kappa shape index (κ3) is 7.19. The number of hydrogen-bond donors (Lipinski definition) is 6. The summed E-state index contributed by atoms with van der Waals surface area (Å²) in [5.74, 6) is -2.78. The number of hydrogen-bond acceptors (Lipinski definition) is 6. The number of unbranched alkanes of at least 4 members (excludes halogenated alkanes) is 3. The number of carbonyl (C=O) groups excluding carboxylic acids is 1. The molecule has 21 heavy (non-hydrogen) atoms. The molecular weight excluding hydrogens is 282 g/mol. The second kappa shape index (κ2) is 10.3. The lowest BCUT2D eigenvalue weighted by atomic mass is 10.0. The van der Waals surface area contributed by atoms with Crippen molar-refractivity contribution in [2.75, 3.05) is 0 Å². The van der Waals surface area contributed by atoms with Crippen LogP contribution < -0.4 is 5.32 Å². The standard InChI is InChI=1S/C13H23NO7/c1-2-3-4-5-6-7-14-12(19)10(17)8(15)9(16)11(18)13(20)21/h6-11,15-18H,2-5H2,1H3,(H,14,19)(H,20,21). The molecule has 4 atom stereocenters. The van der Waals surface area contributed by atoms with Crippen LogP contribution in [0.25, 0.3) is 0 Å². The smallest absolute Gasteiger partial charge is 0.335 e. The number of carbonyl (C=O) groups is 2. The molecule has 8 heteroatoms. The minimum Gasteiger partial charge on any atom is -0.479 e. The van der Waals surface area contributed by atoms with Crippen LogP contribution in [-0.4, -0.2) is 61.8 Å². The number of carboxylic acids is 1. The molecule has 0 saturated heterocycles. The first-order chi connectivity index (χ1) is 9.82. The van der Waals surface area contributed by atoms with Crippen molar-refractivity contribution in [3.63, 3.8) is 0 Å². The van der Waals surface area contributed by atoms with Crippen molar-refractivity contribution in [3.05, 3.63) is 12.3 Å². The van der Waals surface area contributed by atoms with Crippen LogP contribution in [0, 0.1) is 0 Å². The van der Waals surface area contributed by atoms with Gasteiger partial charge in [0, 0.05) is 0 Å². The highest BCUT2D eigenvalue weighted by atomic mass is 16.4. The van der Waals surface area contributed by atoms with Gasteiger partial charge in [0.05, 0.1) is 0 Å². The molecule has 0 saturated carbocycles. The molecule has 0 aromatic rings. The van der Waals surface area contributed by atoms with Gasteiger partial charge < -0.3 is 30.8 Å². The molecule has 0 aliphatic carbocycles. The molecule has 0 radical (unpaired) electrons. The van der Waals surface area contributed by atoms with E-state index in [1.165, 1.54) is 6.20 Å². The van der Waals surface area contributed by atoms with Gasteiger partial charge in [-0.25, -0.2) is 4.79 Å². The Bertz CT molecular complexity index is 358. The van der Waals surface area contributed by atoms with Gasteiger partial charge in [-0.2, -0.15) is 0 Å². The van der Waals surface area contributed by atoms with Crippen molar-refractivity contribution in [3.8, 4) is 0 Å². The molecule has 4 unspecified atom stereocenters. The van der Waals surface area contributed by atoms with Crippen molar-refractivity contribution in [2.24, 2.45) is 0 Å². The van der Waals surface area contributed by atoms with Crippen LogP contribution in [0.5, 0.6) is 0 Å². The zero-order valence-corrected chi connectivity index (χ0v) is 11.8. The summed E-state index contributed by atoms with van der Waals surface area (Å²) in [7, 11) is 0. The molecule has 0 aromatic heterocycles. The van der Waals surface area contributed by atoms with E-state index in [0.717, 1.165) is 25.7 Å². The van der Waals surface area contributed by atoms with Crippen LogP contribution in [0.2, 0.25) is 0 Å². The van der Waals surface area contributed by atoms with Gasteiger partial charge in [-0.3, -0.25) is 4.79 Å². The lowest BCUT2D eigenvalue weighted by Gasteiger charge is -2.23. The summed E-state index contributed by atoms with van der Waals surface area (Å²) in [6.45, 7) is 2.06. The van der Waals surface area contributed by atoms with Gasteiger partial charge in [-0.1, -0.05) is 25.8 Å². The number of rotatable bonds is 10. The Morgan fingerprint density at radius 1 is 1.05 bits per heavy atom. The summed E-state index contributed by atoms with van der Waals surface area (Å²) in [4.78, 5) is 21.9. The molecule has 0 aliphatic heterocycles. The lowest BCUT2D eigenvalue weighted by Crippen LogP contribution is -2.52. The Morgan fingerprint density at radius 3 is 2.14 bits per heavy atom. The Labute approximate surface area is 122 Å². The number of allylic oxidation sites excluding steroid dienone is 1. The first kappa shape index (κ1) is 19.5. The number of nitrogens with one attached hydrogen (secondary N) is 1. The van der Waals surface area contributed by atoms with Gasteiger partial charge in [-0.15, -0.1) is 0 Å². The average molecular weight is 305 g/mol. The van der Waals surface area contributed by atoms with Crippen LogP contribution in [0.3, 0.4) is 0 Å². The zero-order valence-electron chi connectivity index (χ0n) is 11.8. The fraction of sp³-hybridized carbons (Fsp3) is 0.692. The van der Waals surface area contributed by atoms with Crippen LogP contribution in [0.4, 0.5) is 0 Å². The maximum absolute atomic E-state index is 11.5. The third-order valence-electron chi connectivity index (χ3n) is 2.84. The minimum atomic E-state index is -2.30. The maximum Gasteiger partial charge on any atom is 0.335 e. The number of aliphatic carboxylic acids is 1. The topological polar surface area (TPSA) is 147 Å². The van der Waals surface area contributed by atoms with E-state index >= 15 is 0 Å². The molecule has 0 bridgehead atoms. The molecule has 0 rings (SSSR count). The van der Waals surface area contributed by atoms with E-state index in [4.69, 9.17) is 10.2 Å². The van der Waals surface area contributed by atoms with E-state index in [2.05, 4.69) is 12.2 Å². The van der Waals surface area contributed by atoms with Gasteiger partial charge in [0.25, 0.3) is 5.91 Å². The predicted octanol–water partition coefficient (Wildman–Crippen LogP) is -1.28. The Balaban J connectivity index is 4.27. The van der Waals surface area contributed by atoms with E-state index in [1.54, 1.807) is 6.08 Å². The molecule has 8 nitrogen and oxygen atoms in total. The fourth-order valence-corrected chi connectivity index (χ4v) is 1.50. The second-order valence-electron chi connectivity index (χ2n) is 4.62. The van der Waals surface area contributed by atoms with E-state index < -0.39 is 36.3 Å². The monoisotopic (exact) mass is 305 g/mol. The molecule has 0 spiro atoms. The van der Waals surface area contributed by atoms with Gasteiger partial charge in [0.15, 0.2) is 12.2 Å². The van der Waals surface area contributed by atoms with Gasteiger partial charge in [0.1, 0.15) is 12.2 Å². The average Bonchev–Trinajstić information content (AvgIpc) is 2.47. The number of amides is 1. The van der Waals surface area contributed by atoms with Crippen LogP contribution in [0.15, 0.2) is 12.3 Å². The van der Waals surface area contributed by atoms with E-state index in [1.807, 2.05) is 0 Å². The second-order valence-corrected chi connectivity index (χ2v) is 4.62. The lowest BCUT2D eigenvalue weighted by molar-refractivity contribution is -0.166. The van der Waals surface area contributed by atoms with Crippen LogP contribution in [-0.2, 0) is 9.59 Å². The Hall–Kier alpha value is -1.48. The molecule has 122 valence electrons. The Kier molecular flexibility index (Phi) is 9.55. The van der Waals surface area contributed by atoms with E-state index in [0.29, 0.717) is 0 Å². The summed E-state index contributed by atoms with van der Waals surface area (Å²) in [5, 5.41) is 47.9. The number of carboxylic acid groups (broad SMARTS) is 1. The molecule has 0 heterocycles. The normalized spacial score (nSPS) is 17.2. The first-order valence-electron chi connectivity index (χ1n) is 6.73. The van der Waals surface area contributed by atoms with Crippen molar-refractivity contribution in [2.45, 2.75) is 57.0 Å². The third-order valence-corrected chi connectivity index (χ3v) is 2.84. The molecule has 0 aromatic carbocycles. The molecule has 6 N–H and O–H groups in total. The highest BCUT2D eigenvalue weighted by Crippen LogP contribution is 2.06. The largest absolute Gasteiger partial charge is 0.479 e. The van der Waals surface area contributed by atoms with E-state index in [-0.39, 0.29) is 0 Å². The van der Waals surface area contributed by atoms with E-state index in [9.17, 15) is 24.9 Å². The SMILES string of the molecule is CCCCCC=CNC(=O)C(O)C(O)C(O)C(O)C(=O)O. The van der Waals surface area contributed by atoms with Crippen molar-refractivity contribution in [1.29, 1.82) is 0 Å². The number of aliphatic hydroxyl groups excluding tert-OH is 4. The summed E-state index contributed by atoms with van der Waals surface area (Å²) < 4.78 is 0. The molecule has 1 amide bonds. The highest BCUT2D eigenvalue weighted by molar-refractivity contribution is 5.82.